The number of carboxylic acid groups (broad SMARTS) is 1. The Morgan fingerprint density at radius 3 is 2.18 bits per heavy atom. The topological polar surface area (TPSA) is 95.9 Å². The number of nitrogens with one attached hydrogen (secondary N) is 1. The lowest BCUT2D eigenvalue weighted by molar-refractivity contribution is -0.150. The van der Waals surface area contributed by atoms with Crippen molar-refractivity contribution in [1.29, 1.82) is 0 Å². The number of hydrogen-bond donors (Lipinski definition) is 2. The van der Waals surface area contributed by atoms with Crippen LogP contribution in [0.4, 0.5) is 0 Å². The van der Waals surface area contributed by atoms with E-state index in [-0.39, 0.29) is 5.91 Å². The fourth-order valence-corrected chi connectivity index (χ4v) is 2.55. The minimum atomic E-state index is -0.986. The van der Waals surface area contributed by atoms with Gasteiger partial charge in [0.1, 0.15) is 17.8 Å². The molecule has 0 radical (unpaired) electrons. The highest BCUT2D eigenvalue weighted by Crippen LogP contribution is 2.25. The number of ether oxygens (including phenoxy) is 1. The van der Waals surface area contributed by atoms with Crippen LogP contribution in [-0.4, -0.2) is 54.0 Å². The molecule has 2 unspecified atom stereocenters. The van der Waals surface area contributed by atoms with E-state index in [1.54, 1.807) is 25.3 Å². The summed E-state index contributed by atoms with van der Waals surface area (Å²) in [4.78, 5) is 35.4. The van der Waals surface area contributed by atoms with Crippen molar-refractivity contribution in [1.82, 2.24) is 10.2 Å². The summed E-state index contributed by atoms with van der Waals surface area (Å²) in [5.41, 5.74) is -0.455. The number of likely N-dealkylation sites (tertiary alicyclic amines) is 1. The fourth-order valence-electron chi connectivity index (χ4n) is 2.55. The zero-order valence-electron chi connectivity index (χ0n) is 18.0. The SMILES string of the molecule is C=C/C=C(\C=C)OC.CC.CC(C)(C)C(NC=O)C(=O)N1CCCC1C(=O)O. The number of allylic oxidation sites excluding steroid dienone is 3. The number of carbonyl (C=O) groups excluding carboxylic acids is 2. The largest absolute Gasteiger partial charge is 0.497 e. The molecular weight excluding hydrogens is 360 g/mol. The van der Waals surface area contributed by atoms with E-state index in [1.165, 1.54) is 4.90 Å². The van der Waals surface area contributed by atoms with Crippen LogP contribution in [0.15, 0.2) is 37.1 Å². The highest BCUT2D eigenvalue weighted by Gasteiger charge is 2.40. The van der Waals surface area contributed by atoms with Crippen LogP contribution in [0.2, 0.25) is 0 Å². The van der Waals surface area contributed by atoms with E-state index in [2.05, 4.69) is 18.5 Å². The lowest BCUT2D eigenvalue weighted by Crippen LogP contribution is -2.55. The summed E-state index contributed by atoms with van der Waals surface area (Å²) >= 11 is 0. The van der Waals surface area contributed by atoms with Crippen LogP contribution in [0.25, 0.3) is 0 Å². The first-order valence-electron chi connectivity index (χ1n) is 9.36. The van der Waals surface area contributed by atoms with Gasteiger partial charge in [0.25, 0.3) is 0 Å². The van der Waals surface area contributed by atoms with Crippen molar-refractivity contribution in [2.24, 2.45) is 5.41 Å². The Balaban J connectivity index is 0. The van der Waals surface area contributed by atoms with E-state index in [0.29, 0.717) is 25.8 Å². The van der Waals surface area contributed by atoms with Gasteiger partial charge in [-0.15, -0.1) is 0 Å². The summed E-state index contributed by atoms with van der Waals surface area (Å²) < 4.78 is 4.81. The zero-order chi connectivity index (χ0) is 22.3. The number of hydrogen-bond acceptors (Lipinski definition) is 4. The lowest BCUT2D eigenvalue weighted by Gasteiger charge is -2.33. The van der Waals surface area contributed by atoms with Crippen LogP contribution >= 0.6 is 0 Å². The van der Waals surface area contributed by atoms with Crippen LogP contribution in [0.1, 0.15) is 47.5 Å². The first-order chi connectivity index (χ1) is 13.1. The Morgan fingerprint density at radius 1 is 1.29 bits per heavy atom. The smallest absolute Gasteiger partial charge is 0.326 e. The molecule has 2 amide bonds. The molecule has 1 fully saturated rings. The maximum Gasteiger partial charge on any atom is 0.326 e. The molecule has 1 aliphatic rings. The van der Waals surface area contributed by atoms with Gasteiger partial charge >= 0.3 is 5.97 Å². The molecule has 2 N–H and O–H groups in total. The highest BCUT2D eigenvalue weighted by molar-refractivity contribution is 5.89. The summed E-state index contributed by atoms with van der Waals surface area (Å²) in [6.45, 7) is 16.9. The molecule has 1 heterocycles. The highest BCUT2D eigenvalue weighted by atomic mass is 16.5. The van der Waals surface area contributed by atoms with Gasteiger partial charge in [-0.2, -0.15) is 0 Å². The summed E-state index contributed by atoms with van der Waals surface area (Å²) in [5.74, 6) is -0.570. The van der Waals surface area contributed by atoms with Crippen molar-refractivity contribution < 1.29 is 24.2 Å². The average Bonchev–Trinajstić information content (AvgIpc) is 3.15. The maximum absolute atomic E-state index is 12.3. The molecule has 0 saturated carbocycles. The third kappa shape index (κ3) is 9.39. The number of methoxy groups -OCH3 is 1. The Hall–Kier alpha value is -2.57. The van der Waals surface area contributed by atoms with Gasteiger partial charge in [-0.25, -0.2) is 4.79 Å². The zero-order valence-corrected chi connectivity index (χ0v) is 18.0. The van der Waals surface area contributed by atoms with Crippen molar-refractivity contribution in [2.45, 2.75) is 59.5 Å². The van der Waals surface area contributed by atoms with E-state index in [9.17, 15) is 14.4 Å². The summed E-state index contributed by atoms with van der Waals surface area (Å²) in [5, 5.41) is 11.6. The summed E-state index contributed by atoms with van der Waals surface area (Å²) in [6, 6.07) is -1.47. The second-order valence-electron chi connectivity index (χ2n) is 6.82. The van der Waals surface area contributed by atoms with Gasteiger partial charge in [0, 0.05) is 6.54 Å². The number of rotatable bonds is 7. The third-order valence-electron chi connectivity index (χ3n) is 3.89. The van der Waals surface area contributed by atoms with Gasteiger partial charge in [-0.1, -0.05) is 53.9 Å². The van der Waals surface area contributed by atoms with Crippen LogP contribution in [-0.2, 0) is 19.1 Å². The Bertz CT molecular complexity index is 549. The normalized spacial score (nSPS) is 17.0. The number of carbonyl (C=O) groups is 3. The predicted octanol–water partition coefficient (Wildman–Crippen LogP) is 3.14. The third-order valence-corrected chi connectivity index (χ3v) is 3.89. The van der Waals surface area contributed by atoms with E-state index >= 15 is 0 Å². The fraction of sp³-hybridized carbons (Fsp3) is 0.571. The molecule has 7 heteroatoms. The minimum absolute atomic E-state index is 0.320. The predicted molar refractivity (Wildman–Crippen MR) is 112 cm³/mol. The van der Waals surface area contributed by atoms with Gasteiger partial charge < -0.3 is 20.1 Å². The number of carboxylic acids is 1. The molecule has 0 aromatic rings. The minimum Gasteiger partial charge on any atom is -0.497 e. The Morgan fingerprint density at radius 2 is 1.86 bits per heavy atom. The van der Waals surface area contributed by atoms with Crippen LogP contribution in [0.5, 0.6) is 0 Å². The van der Waals surface area contributed by atoms with Crippen molar-refractivity contribution >= 4 is 18.3 Å². The second-order valence-corrected chi connectivity index (χ2v) is 6.82. The van der Waals surface area contributed by atoms with E-state index in [1.807, 2.05) is 34.6 Å². The maximum atomic E-state index is 12.3. The first-order valence-corrected chi connectivity index (χ1v) is 9.36. The molecule has 0 bridgehead atoms. The number of nitrogens with zero attached hydrogens (tertiary/aromatic N) is 1. The molecule has 160 valence electrons. The van der Waals surface area contributed by atoms with Gasteiger partial charge in [0.05, 0.1) is 7.11 Å². The standard InChI is InChI=1S/C12H20N2O4.C7H10O.C2H6/c1-12(2,3)9(13-7-15)10(16)14-6-4-5-8(14)11(17)18;1-4-6-7(5-2)8-3;1-2/h7-9H,4-6H2,1-3H3,(H,13,15)(H,17,18);4-6H,1-2H2,3H3;1-2H3/b;7-6+;. The Kier molecular flexibility index (Phi) is 14.3. The molecule has 2 atom stereocenters. The monoisotopic (exact) mass is 396 g/mol. The van der Waals surface area contributed by atoms with Crippen molar-refractivity contribution in [3.05, 3.63) is 37.1 Å². The molecule has 0 aliphatic carbocycles. The molecule has 1 saturated heterocycles. The van der Waals surface area contributed by atoms with E-state index in [0.717, 1.165) is 5.76 Å². The second kappa shape index (κ2) is 14.5. The van der Waals surface area contributed by atoms with Gasteiger partial charge in [0.2, 0.25) is 12.3 Å². The van der Waals surface area contributed by atoms with Crippen molar-refractivity contribution in [3.63, 3.8) is 0 Å². The van der Waals surface area contributed by atoms with Crippen LogP contribution < -0.4 is 5.32 Å². The molecule has 0 aromatic heterocycles. The van der Waals surface area contributed by atoms with Gasteiger partial charge in [-0.05, 0) is 30.4 Å². The first kappa shape index (κ1) is 27.6. The molecule has 0 aromatic carbocycles. The molecule has 7 nitrogen and oxygen atoms in total. The molecule has 1 rings (SSSR count). The van der Waals surface area contributed by atoms with E-state index in [4.69, 9.17) is 9.84 Å². The van der Waals surface area contributed by atoms with Crippen molar-refractivity contribution in [2.75, 3.05) is 13.7 Å². The quantitative estimate of drug-likeness (QED) is 0.391. The average molecular weight is 397 g/mol. The summed E-state index contributed by atoms with van der Waals surface area (Å²) in [6.07, 6.45) is 6.66. The molecule has 28 heavy (non-hydrogen) atoms. The van der Waals surface area contributed by atoms with Gasteiger partial charge in [-0.3, -0.25) is 9.59 Å². The lowest BCUT2D eigenvalue weighted by atomic mass is 9.86. The van der Waals surface area contributed by atoms with Crippen molar-refractivity contribution in [3.8, 4) is 0 Å². The van der Waals surface area contributed by atoms with E-state index < -0.39 is 23.5 Å². The Labute approximate surface area is 169 Å². The molecular formula is C21H36N2O5. The number of aliphatic carboxylic acids is 1. The summed E-state index contributed by atoms with van der Waals surface area (Å²) in [7, 11) is 1.59. The number of amides is 2. The molecule has 1 aliphatic heterocycles. The molecule has 0 spiro atoms. The van der Waals surface area contributed by atoms with Crippen LogP contribution in [0.3, 0.4) is 0 Å². The van der Waals surface area contributed by atoms with Crippen LogP contribution in [0, 0.1) is 5.41 Å². The van der Waals surface area contributed by atoms with Gasteiger partial charge in [0.15, 0.2) is 0 Å².